The maximum Gasteiger partial charge on any atom is 0.240 e. The molecule has 25 heavy (non-hydrogen) atoms. The van der Waals surface area contributed by atoms with Crippen molar-refractivity contribution in [1.82, 2.24) is 14.9 Å². The highest BCUT2D eigenvalue weighted by Gasteiger charge is 2.22. The van der Waals surface area contributed by atoms with E-state index < -0.39 is 10.0 Å². The molecule has 1 amide bonds. The summed E-state index contributed by atoms with van der Waals surface area (Å²) in [5, 5.41) is 3.38. The van der Waals surface area contributed by atoms with Crippen molar-refractivity contribution in [3.05, 3.63) is 29.8 Å². The van der Waals surface area contributed by atoms with Crippen LogP contribution in [0.1, 0.15) is 31.7 Å². The van der Waals surface area contributed by atoms with Gasteiger partial charge in [-0.1, -0.05) is 19.1 Å². The Kier molecular flexibility index (Phi) is 7.40. The van der Waals surface area contributed by atoms with Gasteiger partial charge in [0, 0.05) is 19.5 Å². The number of piperidine rings is 1. The first kappa shape index (κ1) is 19.9. The highest BCUT2D eigenvalue weighted by atomic mass is 32.2. The molecule has 140 valence electrons. The third-order valence-corrected chi connectivity index (χ3v) is 6.21. The molecule has 0 radical (unpaired) electrons. The number of sulfonamides is 1. The van der Waals surface area contributed by atoms with Gasteiger partial charge in [-0.3, -0.25) is 4.79 Å². The average Bonchev–Trinajstić information content (AvgIpc) is 2.65. The van der Waals surface area contributed by atoms with Gasteiger partial charge in [0.05, 0.1) is 4.90 Å². The highest BCUT2D eigenvalue weighted by Crippen LogP contribution is 2.18. The Morgan fingerprint density at radius 1 is 1.20 bits per heavy atom. The fourth-order valence-corrected chi connectivity index (χ4v) is 3.83. The van der Waals surface area contributed by atoms with E-state index in [0.717, 1.165) is 44.6 Å². The molecule has 0 unspecified atom stereocenters. The molecule has 0 aliphatic carbocycles. The molecule has 7 heteroatoms. The molecule has 2 N–H and O–H groups in total. The lowest BCUT2D eigenvalue weighted by molar-refractivity contribution is -0.132. The van der Waals surface area contributed by atoms with Crippen LogP contribution in [0, 0.1) is 5.92 Å². The molecule has 0 atom stereocenters. The lowest BCUT2D eigenvalue weighted by Crippen LogP contribution is -2.40. The summed E-state index contributed by atoms with van der Waals surface area (Å²) < 4.78 is 25.7. The van der Waals surface area contributed by atoms with Crippen molar-refractivity contribution in [3.63, 3.8) is 0 Å². The largest absolute Gasteiger partial charge is 0.343 e. The zero-order valence-electron chi connectivity index (χ0n) is 15.1. The number of carbonyl (C=O) groups excluding carboxylic acids is 1. The van der Waals surface area contributed by atoms with E-state index in [1.165, 1.54) is 7.05 Å². The van der Waals surface area contributed by atoms with E-state index in [-0.39, 0.29) is 10.8 Å². The zero-order valence-corrected chi connectivity index (χ0v) is 15.9. The van der Waals surface area contributed by atoms with Crippen molar-refractivity contribution in [2.45, 2.75) is 37.5 Å². The lowest BCUT2D eigenvalue weighted by atomic mass is 9.96. The van der Waals surface area contributed by atoms with Gasteiger partial charge in [0.1, 0.15) is 0 Å². The van der Waals surface area contributed by atoms with Crippen LogP contribution in [0.3, 0.4) is 0 Å². The van der Waals surface area contributed by atoms with Crippen molar-refractivity contribution < 1.29 is 13.2 Å². The van der Waals surface area contributed by atoms with Gasteiger partial charge < -0.3 is 10.2 Å². The Morgan fingerprint density at radius 2 is 1.84 bits per heavy atom. The van der Waals surface area contributed by atoms with E-state index in [0.29, 0.717) is 18.8 Å². The van der Waals surface area contributed by atoms with Gasteiger partial charge >= 0.3 is 0 Å². The molecule has 1 aromatic carbocycles. The summed E-state index contributed by atoms with van der Waals surface area (Å²) >= 11 is 0. The van der Waals surface area contributed by atoms with Crippen LogP contribution in [-0.2, 0) is 21.2 Å². The second-order valence-corrected chi connectivity index (χ2v) is 8.37. The van der Waals surface area contributed by atoms with E-state index in [9.17, 15) is 13.2 Å². The van der Waals surface area contributed by atoms with Crippen LogP contribution in [0.25, 0.3) is 0 Å². The Bertz CT molecular complexity index is 651. The van der Waals surface area contributed by atoms with Crippen molar-refractivity contribution in [2.75, 3.05) is 33.2 Å². The number of amides is 1. The van der Waals surface area contributed by atoms with Crippen LogP contribution in [0.2, 0.25) is 0 Å². The summed E-state index contributed by atoms with van der Waals surface area (Å²) in [5.74, 6) is 0.861. The van der Waals surface area contributed by atoms with E-state index >= 15 is 0 Å². The molecule has 0 spiro atoms. The van der Waals surface area contributed by atoms with Crippen molar-refractivity contribution in [3.8, 4) is 0 Å². The number of nitrogens with one attached hydrogen (secondary N) is 2. The van der Waals surface area contributed by atoms with Crippen LogP contribution in [-0.4, -0.2) is 52.5 Å². The summed E-state index contributed by atoms with van der Waals surface area (Å²) in [6.45, 7) is 5.83. The van der Waals surface area contributed by atoms with Gasteiger partial charge in [0.2, 0.25) is 15.9 Å². The normalized spacial score (nSPS) is 16.2. The Morgan fingerprint density at radius 3 is 2.40 bits per heavy atom. The number of hydrogen-bond donors (Lipinski definition) is 2. The molecule has 1 aliphatic rings. The molecular formula is C18H29N3O3S. The molecule has 6 nitrogen and oxygen atoms in total. The van der Waals surface area contributed by atoms with E-state index in [1.54, 1.807) is 24.3 Å². The molecule has 0 aromatic heterocycles. The van der Waals surface area contributed by atoms with Crippen molar-refractivity contribution >= 4 is 15.9 Å². The molecule has 1 fully saturated rings. The molecule has 1 saturated heterocycles. The number of likely N-dealkylation sites (tertiary alicyclic amines) is 1. The highest BCUT2D eigenvalue weighted by molar-refractivity contribution is 7.89. The Hall–Kier alpha value is -1.44. The minimum atomic E-state index is -3.41. The van der Waals surface area contributed by atoms with E-state index in [4.69, 9.17) is 0 Å². The van der Waals surface area contributed by atoms with E-state index in [2.05, 4.69) is 17.0 Å². The Labute approximate surface area is 151 Å². The molecule has 1 aliphatic heterocycles. The van der Waals surface area contributed by atoms with Crippen LogP contribution >= 0.6 is 0 Å². The molecule has 1 heterocycles. The molecule has 2 rings (SSSR count). The lowest BCUT2D eigenvalue weighted by Gasteiger charge is -2.32. The average molecular weight is 368 g/mol. The number of carbonyl (C=O) groups is 1. The summed E-state index contributed by atoms with van der Waals surface area (Å²) in [4.78, 5) is 14.6. The zero-order chi connectivity index (χ0) is 18.3. The second-order valence-electron chi connectivity index (χ2n) is 6.48. The first-order valence-corrected chi connectivity index (χ1v) is 10.5. The van der Waals surface area contributed by atoms with Gasteiger partial charge in [-0.25, -0.2) is 13.1 Å². The summed E-state index contributed by atoms with van der Waals surface area (Å²) in [6.07, 6.45) is 3.23. The first-order valence-electron chi connectivity index (χ1n) is 8.97. The number of benzene rings is 1. The number of aryl methyl sites for hydroxylation is 1. The number of hydrogen-bond acceptors (Lipinski definition) is 4. The van der Waals surface area contributed by atoms with Crippen molar-refractivity contribution in [2.24, 2.45) is 5.92 Å². The summed E-state index contributed by atoms with van der Waals surface area (Å²) in [7, 11) is -2.01. The number of rotatable bonds is 8. The number of nitrogens with zero attached hydrogens (tertiary/aromatic N) is 1. The second kappa shape index (κ2) is 9.31. The molecule has 0 saturated carbocycles. The summed E-state index contributed by atoms with van der Waals surface area (Å²) in [5.41, 5.74) is 0.977. The quantitative estimate of drug-likeness (QED) is 0.727. The van der Waals surface area contributed by atoms with Crippen LogP contribution < -0.4 is 10.0 Å². The summed E-state index contributed by atoms with van der Waals surface area (Å²) in [6, 6.07) is 6.72. The van der Waals surface area contributed by atoms with Gasteiger partial charge in [0.25, 0.3) is 0 Å². The third kappa shape index (κ3) is 5.80. The molecule has 0 bridgehead atoms. The van der Waals surface area contributed by atoms with Crippen LogP contribution in [0.5, 0.6) is 0 Å². The maximum absolute atomic E-state index is 12.4. The topological polar surface area (TPSA) is 78.5 Å². The standard InChI is InChI=1S/C18H29N3O3S/c1-3-20-14-16-10-12-21(13-11-16)18(22)9-6-15-4-7-17(8-5-15)25(23,24)19-2/h4-5,7-8,16,19-20H,3,6,9-14H2,1-2H3. The maximum atomic E-state index is 12.4. The van der Waals surface area contributed by atoms with Gasteiger partial charge in [-0.05, 0) is 63.0 Å². The van der Waals surface area contributed by atoms with Gasteiger partial charge in [-0.15, -0.1) is 0 Å². The minimum Gasteiger partial charge on any atom is -0.343 e. The van der Waals surface area contributed by atoms with Crippen molar-refractivity contribution in [1.29, 1.82) is 0 Å². The van der Waals surface area contributed by atoms with Gasteiger partial charge in [0.15, 0.2) is 0 Å². The predicted molar refractivity (Wildman–Crippen MR) is 98.9 cm³/mol. The fourth-order valence-electron chi connectivity index (χ4n) is 3.10. The predicted octanol–water partition coefficient (Wildman–Crippen LogP) is 1.38. The van der Waals surface area contributed by atoms with Crippen LogP contribution in [0.4, 0.5) is 0 Å². The third-order valence-electron chi connectivity index (χ3n) is 4.78. The smallest absolute Gasteiger partial charge is 0.240 e. The first-order chi connectivity index (χ1) is 12.0. The van der Waals surface area contributed by atoms with E-state index in [1.807, 2.05) is 4.90 Å². The monoisotopic (exact) mass is 367 g/mol. The Balaban J connectivity index is 1.79. The SMILES string of the molecule is CCNCC1CCN(C(=O)CCc2ccc(S(=O)(=O)NC)cc2)CC1. The van der Waals surface area contributed by atoms with Gasteiger partial charge in [-0.2, -0.15) is 0 Å². The minimum absolute atomic E-state index is 0.189. The van der Waals surface area contributed by atoms with Crippen LogP contribution in [0.15, 0.2) is 29.2 Å². The fraction of sp³-hybridized carbons (Fsp3) is 0.611. The molecular weight excluding hydrogens is 338 g/mol. The molecule has 1 aromatic rings.